The molecule has 142 valence electrons. The maximum Gasteiger partial charge on any atom is 0.186 e. The van der Waals surface area contributed by atoms with Gasteiger partial charge in [-0.25, -0.2) is 9.97 Å². The van der Waals surface area contributed by atoms with E-state index in [-0.39, 0.29) is 0 Å². The molecule has 0 aliphatic heterocycles. The average Bonchev–Trinajstić information content (AvgIpc) is 3.49. The fourth-order valence-electron chi connectivity index (χ4n) is 3.81. The minimum Gasteiger partial charge on any atom is -0.342 e. The lowest BCUT2D eigenvalue weighted by molar-refractivity contribution is 1.10. The Balaban J connectivity index is 1.67. The molecule has 0 bridgehead atoms. The van der Waals surface area contributed by atoms with Crippen LogP contribution in [0.15, 0.2) is 91.5 Å². The summed E-state index contributed by atoms with van der Waals surface area (Å²) >= 11 is 0. The molecule has 0 fully saturated rings. The number of imidazole rings is 1. The molecule has 0 aliphatic rings. The molecule has 6 nitrogen and oxygen atoms in total. The third-order valence-corrected chi connectivity index (χ3v) is 5.24. The van der Waals surface area contributed by atoms with Gasteiger partial charge in [-0.2, -0.15) is 0 Å². The zero-order valence-corrected chi connectivity index (χ0v) is 15.9. The first kappa shape index (κ1) is 16.6. The van der Waals surface area contributed by atoms with Gasteiger partial charge in [0.25, 0.3) is 0 Å². The third kappa shape index (κ3) is 2.58. The van der Waals surface area contributed by atoms with Crippen molar-refractivity contribution in [2.75, 3.05) is 0 Å². The number of H-pyrrole nitrogens is 1. The molecule has 0 atom stereocenters. The number of hydrogen-bond acceptors (Lipinski definition) is 4. The molecular formula is C24H16N6. The number of benzene rings is 2. The quantitative estimate of drug-likeness (QED) is 0.463. The molecule has 4 heterocycles. The van der Waals surface area contributed by atoms with Crippen molar-refractivity contribution in [2.24, 2.45) is 0 Å². The van der Waals surface area contributed by atoms with Crippen molar-refractivity contribution in [1.82, 2.24) is 29.5 Å². The highest BCUT2D eigenvalue weighted by molar-refractivity contribution is 5.98. The van der Waals surface area contributed by atoms with Crippen LogP contribution in [0, 0.1) is 0 Å². The van der Waals surface area contributed by atoms with Gasteiger partial charge in [-0.15, -0.1) is 10.2 Å². The van der Waals surface area contributed by atoms with Crippen LogP contribution in [0.5, 0.6) is 0 Å². The number of aromatic amines is 1. The Morgan fingerprint density at radius 3 is 2.30 bits per heavy atom. The molecule has 6 heteroatoms. The van der Waals surface area contributed by atoms with Crippen molar-refractivity contribution in [3.8, 4) is 33.9 Å². The fourth-order valence-corrected chi connectivity index (χ4v) is 3.81. The molecule has 0 aliphatic carbocycles. The van der Waals surface area contributed by atoms with Crippen LogP contribution in [-0.2, 0) is 0 Å². The molecule has 0 saturated carbocycles. The molecule has 4 aromatic heterocycles. The van der Waals surface area contributed by atoms with Gasteiger partial charge in [0.15, 0.2) is 11.5 Å². The maximum atomic E-state index is 5.04. The predicted octanol–water partition coefficient (Wildman–Crippen LogP) is 5.00. The molecule has 0 spiro atoms. The highest BCUT2D eigenvalue weighted by atomic mass is 15.3. The molecule has 0 unspecified atom stereocenters. The SMILES string of the molecule is c1ccc(-c2cc3c(ccn4c(-c5cnc[nH]5)nnc34)nc2-c2ccccc2)cc1. The van der Waals surface area contributed by atoms with E-state index in [9.17, 15) is 0 Å². The Kier molecular flexibility index (Phi) is 3.67. The van der Waals surface area contributed by atoms with E-state index >= 15 is 0 Å². The Labute approximate surface area is 171 Å². The molecule has 6 aromatic rings. The van der Waals surface area contributed by atoms with Gasteiger partial charge in [-0.05, 0) is 17.7 Å². The van der Waals surface area contributed by atoms with Gasteiger partial charge in [0.05, 0.1) is 23.7 Å². The number of fused-ring (bicyclic) bond motifs is 3. The molecule has 30 heavy (non-hydrogen) atoms. The largest absolute Gasteiger partial charge is 0.342 e. The van der Waals surface area contributed by atoms with Crippen molar-refractivity contribution < 1.29 is 0 Å². The van der Waals surface area contributed by atoms with Crippen LogP contribution in [0.2, 0.25) is 0 Å². The molecule has 2 aromatic carbocycles. The molecular weight excluding hydrogens is 372 g/mol. The summed E-state index contributed by atoms with van der Waals surface area (Å²) < 4.78 is 1.97. The van der Waals surface area contributed by atoms with Gasteiger partial charge < -0.3 is 4.98 Å². The fraction of sp³-hybridized carbons (Fsp3) is 0. The van der Waals surface area contributed by atoms with Crippen LogP contribution >= 0.6 is 0 Å². The minimum absolute atomic E-state index is 0.720. The van der Waals surface area contributed by atoms with Gasteiger partial charge in [-0.3, -0.25) is 4.40 Å². The second-order valence-electron chi connectivity index (χ2n) is 7.05. The van der Waals surface area contributed by atoms with E-state index in [0.29, 0.717) is 0 Å². The highest BCUT2D eigenvalue weighted by Crippen LogP contribution is 2.34. The Morgan fingerprint density at radius 2 is 1.57 bits per heavy atom. The van der Waals surface area contributed by atoms with Gasteiger partial charge >= 0.3 is 0 Å². The molecule has 0 saturated heterocycles. The maximum absolute atomic E-state index is 5.04. The lowest BCUT2D eigenvalue weighted by Crippen LogP contribution is -1.95. The van der Waals surface area contributed by atoms with E-state index < -0.39 is 0 Å². The Morgan fingerprint density at radius 1 is 0.800 bits per heavy atom. The predicted molar refractivity (Wildman–Crippen MR) is 117 cm³/mol. The summed E-state index contributed by atoms with van der Waals surface area (Å²) in [6.45, 7) is 0. The zero-order chi connectivity index (χ0) is 19.9. The summed E-state index contributed by atoms with van der Waals surface area (Å²) in [5.41, 5.74) is 6.67. The summed E-state index contributed by atoms with van der Waals surface area (Å²) in [5.74, 6) is 0.720. The molecule has 0 amide bonds. The van der Waals surface area contributed by atoms with Crippen LogP contribution < -0.4 is 0 Å². The van der Waals surface area contributed by atoms with Crippen molar-refractivity contribution in [2.45, 2.75) is 0 Å². The summed E-state index contributed by atoms with van der Waals surface area (Å²) in [6.07, 6.45) is 5.34. The topological polar surface area (TPSA) is 71.8 Å². The molecule has 6 rings (SSSR count). The van der Waals surface area contributed by atoms with Crippen molar-refractivity contribution in [1.29, 1.82) is 0 Å². The zero-order valence-electron chi connectivity index (χ0n) is 15.9. The van der Waals surface area contributed by atoms with Crippen molar-refractivity contribution >= 4 is 16.6 Å². The monoisotopic (exact) mass is 388 g/mol. The van der Waals surface area contributed by atoms with E-state index in [2.05, 4.69) is 50.5 Å². The van der Waals surface area contributed by atoms with E-state index in [1.807, 2.05) is 53.1 Å². The summed E-state index contributed by atoms with van der Waals surface area (Å²) in [7, 11) is 0. The summed E-state index contributed by atoms with van der Waals surface area (Å²) in [5, 5.41) is 9.80. The van der Waals surface area contributed by atoms with E-state index in [0.717, 1.165) is 50.5 Å². The number of hydrogen-bond donors (Lipinski definition) is 1. The Bertz CT molecular complexity index is 1470. The smallest absolute Gasteiger partial charge is 0.186 e. The van der Waals surface area contributed by atoms with E-state index in [1.54, 1.807) is 12.5 Å². The number of nitrogens with zero attached hydrogens (tertiary/aromatic N) is 5. The summed E-state index contributed by atoms with van der Waals surface area (Å²) in [4.78, 5) is 12.2. The van der Waals surface area contributed by atoms with Gasteiger partial charge in [-0.1, -0.05) is 60.7 Å². The first-order valence-electron chi connectivity index (χ1n) is 9.66. The van der Waals surface area contributed by atoms with Crippen LogP contribution in [0.1, 0.15) is 0 Å². The van der Waals surface area contributed by atoms with Crippen molar-refractivity contribution in [3.63, 3.8) is 0 Å². The van der Waals surface area contributed by atoms with E-state index in [4.69, 9.17) is 4.98 Å². The van der Waals surface area contributed by atoms with Gasteiger partial charge in [0.1, 0.15) is 5.69 Å². The lowest BCUT2D eigenvalue weighted by atomic mass is 9.98. The van der Waals surface area contributed by atoms with Gasteiger partial charge in [0.2, 0.25) is 0 Å². The van der Waals surface area contributed by atoms with Crippen LogP contribution in [0.4, 0.5) is 0 Å². The molecule has 1 N–H and O–H groups in total. The number of aromatic nitrogens is 6. The third-order valence-electron chi connectivity index (χ3n) is 5.24. The Hall–Kier alpha value is -4.32. The minimum atomic E-state index is 0.720. The lowest BCUT2D eigenvalue weighted by Gasteiger charge is -2.12. The van der Waals surface area contributed by atoms with Crippen LogP contribution in [0.25, 0.3) is 50.5 Å². The van der Waals surface area contributed by atoms with Crippen LogP contribution in [0.3, 0.4) is 0 Å². The van der Waals surface area contributed by atoms with Crippen molar-refractivity contribution in [3.05, 3.63) is 91.5 Å². The number of nitrogens with one attached hydrogen (secondary N) is 1. The number of pyridine rings is 2. The first-order valence-corrected chi connectivity index (χ1v) is 9.66. The summed E-state index contributed by atoms with van der Waals surface area (Å²) in [6, 6.07) is 24.8. The second-order valence-corrected chi connectivity index (χ2v) is 7.05. The standard InChI is InChI=1S/C24H16N6/c1-3-7-16(8-4-1)18-13-19-20(27-22(18)17-9-5-2-6-10-17)11-12-30-23(19)28-29-24(30)21-14-25-15-26-21/h1-15H,(H,25,26). The number of rotatable bonds is 3. The van der Waals surface area contributed by atoms with Gasteiger partial charge in [0, 0.05) is 22.7 Å². The normalized spacial score (nSPS) is 11.3. The second kappa shape index (κ2) is 6.63. The first-order chi connectivity index (χ1) is 14.9. The van der Waals surface area contributed by atoms with Crippen LogP contribution in [-0.4, -0.2) is 29.5 Å². The molecule has 0 radical (unpaired) electrons. The highest BCUT2D eigenvalue weighted by Gasteiger charge is 2.16. The average molecular weight is 388 g/mol. The van der Waals surface area contributed by atoms with E-state index in [1.165, 1.54) is 0 Å².